The molecule has 1 aromatic rings. The first-order valence-electron chi connectivity index (χ1n) is 7.88. The van der Waals surface area contributed by atoms with Gasteiger partial charge < -0.3 is 15.5 Å². The number of nitrogens with zero attached hydrogens (tertiary/aromatic N) is 1. The molecule has 0 bridgehead atoms. The third kappa shape index (κ3) is 4.56. The zero-order valence-corrected chi connectivity index (χ0v) is 13.6. The summed E-state index contributed by atoms with van der Waals surface area (Å²) in [5.41, 5.74) is 1.28. The van der Waals surface area contributed by atoms with E-state index in [-0.39, 0.29) is 11.8 Å². The van der Waals surface area contributed by atoms with Crippen molar-refractivity contribution in [3.63, 3.8) is 0 Å². The van der Waals surface area contributed by atoms with Crippen LogP contribution in [0.4, 0.5) is 10.5 Å². The van der Waals surface area contributed by atoms with Crippen LogP contribution in [0.25, 0.3) is 0 Å². The van der Waals surface area contributed by atoms with E-state index in [1.165, 1.54) is 6.92 Å². The van der Waals surface area contributed by atoms with Crippen molar-refractivity contribution < 1.29 is 9.59 Å². The Morgan fingerprint density at radius 1 is 1.23 bits per heavy atom. The molecule has 120 valence electrons. The van der Waals surface area contributed by atoms with Gasteiger partial charge in [0.1, 0.15) is 0 Å². The molecule has 0 radical (unpaired) electrons. The van der Waals surface area contributed by atoms with Crippen molar-refractivity contribution in [3.05, 3.63) is 29.8 Å². The maximum absolute atomic E-state index is 12.3. The molecule has 1 saturated heterocycles. The van der Waals surface area contributed by atoms with Gasteiger partial charge in [-0.2, -0.15) is 0 Å². The molecule has 0 aliphatic carbocycles. The lowest BCUT2D eigenvalue weighted by Gasteiger charge is -2.33. The standard InChI is InChI=1S/C17H25N3O2/c1-12(2)18-15-7-9-20(10-8-15)17(22)19-16-6-4-5-14(11-16)13(3)21/h4-6,11-12,15,18H,7-10H2,1-3H3,(H,19,22). The van der Waals surface area contributed by atoms with Crippen molar-refractivity contribution in [3.8, 4) is 0 Å². The van der Waals surface area contributed by atoms with E-state index in [0.717, 1.165) is 25.9 Å². The van der Waals surface area contributed by atoms with Crippen LogP contribution in [0.2, 0.25) is 0 Å². The molecule has 5 nitrogen and oxygen atoms in total. The van der Waals surface area contributed by atoms with Gasteiger partial charge >= 0.3 is 6.03 Å². The fraction of sp³-hybridized carbons (Fsp3) is 0.529. The number of hydrogen-bond donors (Lipinski definition) is 2. The number of anilines is 1. The molecule has 0 spiro atoms. The molecule has 0 saturated carbocycles. The first kappa shape index (κ1) is 16.5. The number of likely N-dealkylation sites (tertiary alicyclic amines) is 1. The normalized spacial score (nSPS) is 15.9. The quantitative estimate of drug-likeness (QED) is 0.841. The van der Waals surface area contributed by atoms with E-state index in [1.807, 2.05) is 4.90 Å². The fourth-order valence-electron chi connectivity index (χ4n) is 2.74. The molecular weight excluding hydrogens is 278 g/mol. The average molecular weight is 303 g/mol. The number of carbonyl (C=O) groups is 2. The monoisotopic (exact) mass is 303 g/mol. The Morgan fingerprint density at radius 3 is 2.50 bits per heavy atom. The van der Waals surface area contributed by atoms with E-state index in [1.54, 1.807) is 24.3 Å². The van der Waals surface area contributed by atoms with Crippen molar-refractivity contribution in [1.82, 2.24) is 10.2 Å². The molecule has 5 heteroatoms. The molecule has 0 atom stereocenters. The van der Waals surface area contributed by atoms with Gasteiger partial charge in [0, 0.05) is 36.4 Å². The molecule has 1 heterocycles. The molecule has 2 N–H and O–H groups in total. The Kier molecular flexibility index (Phi) is 5.55. The number of amides is 2. The zero-order chi connectivity index (χ0) is 16.1. The first-order valence-corrected chi connectivity index (χ1v) is 7.88. The molecule has 2 rings (SSSR count). The summed E-state index contributed by atoms with van der Waals surface area (Å²) >= 11 is 0. The smallest absolute Gasteiger partial charge is 0.321 e. The number of ketones is 1. The van der Waals surface area contributed by atoms with Gasteiger partial charge in [-0.05, 0) is 31.9 Å². The Hall–Kier alpha value is -1.88. The molecule has 1 aliphatic heterocycles. The summed E-state index contributed by atoms with van der Waals surface area (Å²) in [4.78, 5) is 25.5. The van der Waals surface area contributed by atoms with Crippen LogP contribution in [0, 0.1) is 0 Å². The molecular formula is C17H25N3O2. The Balaban J connectivity index is 1.88. The van der Waals surface area contributed by atoms with Crippen LogP contribution >= 0.6 is 0 Å². The summed E-state index contributed by atoms with van der Waals surface area (Å²) in [6.45, 7) is 7.31. The zero-order valence-electron chi connectivity index (χ0n) is 13.6. The predicted molar refractivity (Wildman–Crippen MR) is 88.3 cm³/mol. The summed E-state index contributed by atoms with van der Waals surface area (Å²) in [6, 6.07) is 7.92. The van der Waals surface area contributed by atoms with Crippen molar-refractivity contribution in [2.45, 2.75) is 45.7 Å². The summed E-state index contributed by atoms with van der Waals surface area (Å²) < 4.78 is 0. The maximum atomic E-state index is 12.3. The molecule has 1 aliphatic rings. The van der Waals surface area contributed by atoms with Gasteiger partial charge in [-0.25, -0.2) is 4.79 Å². The van der Waals surface area contributed by atoms with Gasteiger partial charge in [-0.1, -0.05) is 26.0 Å². The summed E-state index contributed by atoms with van der Waals surface area (Å²) in [5.74, 6) is -0.00308. The third-order valence-electron chi connectivity index (χ3n) is 3.87. The van der Waals surface area contributed by atoms with Gasteiger partial charge in [0.2, 0.25) is 0 Å². The van der Waals surface area contributed by atoms with Crippen molar-refractivity contribution in [2.24, 2.45) is 0 Å². The largest absolute Gasteiger partial charge is 0.324 e. The molecule has 2 amide bonds. The number of benzene rings is 1. The van der Waals surface area contributed by atoms with Gasteiger partial charge in [-0.15, -0.1) is 0 Å². The number of hydrogen-bond acceptors (Lipinski definition) is 3. The van der Waals surface area contributed by atoms with Gasteiger partial charge in [0.05, 0.1) is 0 Å². The van der Waals surface area contributed by atoms with Gasteiger partial charge in [0.25, 0.3) is 0 Å². The average Bonchev–Trinajstić information content (AvgIpc) is 2.47. The van der Waals surface area contributed by atoms with Crippen LogP contribution in [0.5, 0.6) is 0 Å². The summed E-state index contributed by atoms with van der Waals surface area (Å²) in [7, 11) is 0. The minimum Gasteiger partial charge on any atom is -0.324 e. The Morgan fingerprint density at radius 2 is 1.91 bits per heavy atom. The number of carbonyl (C=O) groups excluding carboxylic acids is 2. The molecule has 0 unspecified atom stereocenters. The van der Waals surface area contributed by atoms with E-state index in [2.05, 4.69) is 24.5 Å². The lowest BCUT2D eigenvalue weighted by molar-refractivity contribution is 0.101. The van der Waals surface area contributed by atoms with E-state index in [0.29, 0.717) is 23.3 Å². The lowest BCUT2D eigenvalue weighted by Crippen LogP contribution is -2.47. The van der Waals surface area contributed by atoms with Gasteiger partial charge in [-0.3, -0.25) is 4.79 Å². The van der Waals surface area contributed by atoms with Crippen LogP contribution in [-0.4, -0.2) is 41.9 Å². The van der Waals surface area contributed by atoms with Crippen LogP contribution < -0.4 is 10.6 Å². The van der Waals surface area contributed by atoms with E-state index >= 15 is 0 Å². The number of piperidine rings is 1. The van der Waals surface area contributed by atoms with Crippen molar-refractivity contribution in [2.75, 3.05) is 18.4 Å². The Labute approximate surface area is 132 Å². The third-order valence-corrected chi connectivity index (χ3v) is 3.87. The van der Waals surface area contributed by atoms with E-state index < -0.39 is 0 Å². The molecule has 1 fully saturated rings. The SMILES string of the molecule is CC(=O)c1cccc(NC(=O)N2CCC(NC(C)C)CC2)c1. The second-order valence-corrected chi connectivity index (χ2v) is 6.15. The van der Waals surface area contributed by atoms with E-state index in [4.69, 9.17) is 0 Å². The number of nitrogens with one attached hydrogen (secondary N) is 2. The van der Waals surface area contributed by atoms with Crippen LogP contribution in [-0.2, 0) is 0 Å². The highest BCUT2D eigenvalue weighted by Gasteiger charge is 2.23. The highest BCUT2D eigenvalue weighted by atomic mass is 16.2. The van der Waals surface area contributed by atoms with Crippen LogP contribution in [0.3, 0.4) is 0 Å². The van der Waals surface area contributed by atoms with E-state index in [9.17, 15) is 9.59 Å². The minimum atomic E-state index is -0.0938. The topological polar surface area (TPSA) is 61.4 Å². The van der Waals surface area contributed by atoms with Crippen LogP contribution in [0.1, 0.15) is 44.0 Å². The fourth-order valence-corrected chi connectivity index (χ4v) is 2.74. The molecule has 22 heavy (non-hydrogen) atoms. The molecule has 0 aromatic heterocycles. The minimum absolute atomic E-state index is 0.00308. The first-order chi connectivity index (χ1) is 10.5. The summed E-state index contributed by atoms with van der Waals surface area (Å²) in [6.07, 6.45) is 1.94. The van der Waals surface area contributed by atoms with Crippen molar-refractivity contribution >= 4 is 17.5 Å². The highest BCUT2D eigenvalue weighted by Crippen LogP contribution is 2.15. The second kappa shape index (κ2) is 7.40. The Bertz CT molecular complexity index is 534. The lowest BCUT2D eigenvalue weighted by atomic mass is 10.0. The number of rotatable bonds is 4. The molecule has 1 aromatic carbocycles. The van der Waals surface area contributed by atoms with Crippen LogP contribution in [0.15, 0.2) is 24.3 Å². The number of Topliss-reactive ketones (excluding diaryl/α,β-unsaturated/α-hetero) is 1. The number of urea groups is 1. The van der Waals surface area contributed by atoms with Gasteiger partial charge in [0.15, 0.2) is 5.78 Å². The highest BCUT2D eigenvalue weighted by molar-refractivity contribution is 5.96. The predicted octanol–water partition coefficient (Wildman–Crippen LogP) is 2.88. The summed E-state index contributed by atoms with van der Waals surface area (Å²) in [5, 5.41) is 6.39. The maximum Gasteiger partial charge on any atom is 0.321 e. The van der Waals surface area contributed by atoms with Crippen molar-refractivity contribution in [1.29, 1.82) is 0 Å². The second-order valence-electron chi connectivity index (χ2n) is 6.15.